The molecule has 2 heterocycles. The fraction of sp³-hybridized carbons (Fsp3) is 0.360. The minimum atomic E-state index is -0.120. The van der Waals surface area contributed by atoms with Crippen molar-refractivity contribution in [1.29, 1.82) is 0 Å². The lowest BCUT2D eigenvalue weighted by atomic mass is 10.1. The van der Waals surface area contributed by atoms with Gasteiger partial charge in [0.1, 0.15) is 0 Å². The van der Waals surface area contributed by atoms with Crippen molar-refractivity contribution in [3.8, 4) is 0 Å². The summed E-state index contributed by atoms with van der Waals surface area (Å²) < 4.78 is 0. The van der Waals surface area contributed by atoms with Gasteiger partial charge >= 0.3 is 0 Å². The van der Waals surface area contributed by atoms with Crippen molar-refractivity contribution < 1.29 is 4.79 Å². The van der Waals surface area contributed by atoms with Gasteiger partial charge in [-0.3, -0.25) is 14.7 Å². The first-order chi connectivity index (χ1) is 14.6. The quantitative estimate of drug-likeness (QED) is 0.635. The topological polar surface area (TPSA) is 57.3 Å². The number of nitrogens with zero attached hydrogens (tertiary/aromatic N) is 2. The lowest BCUT2D eigenvalue weighted by Crippen LogP contribution is -2.45. The summed E-state index contributed by atoms with van der Waals surface area (Å²) in [5, 5.41) is 9.21. The summed E-state index contributed by atoms with van der Waals surface area (Å²) in [6.45, 7) is 6.41. The van der Waals surface area contributed by atoms with Crippen molar-refractivity contribution in [2.45, 2.75) is 51.5 Å². The van der Waals surface area contributed by atoms with Gasteiger partial charge in [-0.2, -0.15) is 0 Å². The minimum Gasteiger partial charge on any atom is -0.353 e. The summed E-state index contributed by atoms with van der Waals surface area (Å²) in [6, 6.07) is 19.3. The van der Waals surface area contributed by atoms with E-state index in [1.54, 1.807) is 6.20 Å². The standard InChI is InChI=1S/C25H30N4O/c1-18(2)28-25(30)24-13-23(27-15-20-6-5-11-26-14-20)17-29(24)16-19-9-10-21-7-3-4-8-22(21)12-19/h3-12,14,18,23-24,27H,13,15-17H2,1-2H3,(H,28,30)/t23-,24+/m1/s1. The second-order valence-electron chi connectivity index (χ2n) is 8.46. The fourth-order valence-corrected chi connectivity index (χ4v) is 4.22. The minimum absolute atomic E-state index is 0.120. The van der Waals surface area contributed by atoms with Crippen LogP contribution < -0.4 is 10.6 Å². The Kier molecular flexibility index (Phi) is 6.41. The molecule has 1 aromatic heterocycles. The SMILES string of the molecule is CC(C)NC(=O)[C@@H]1C[C@@H](NCc2cccnc2)CN1Cc1ccc2ccccc2c1. The summed E-state index contributed by atoms with van der Waals surface area (Å²) in [7, 11) is 0. The Balaban J connectivity index is 1.47. The number of rotatable bonds is 7. The molecular formula is C25H30N4O. The summed E-state index contributed by atoms with van der Waals surface area (Å²) >= 11 is 0. The van der Waals surface area contributed by atoms with Crippen LogP contribution in [-0.4, -0.2) is 40.5 Å². The van der Waals surface area contributed by atoms with Gasteiger partial charge in [0, 0.05) is 44.1 Å². The summed E-state index contributed by atoms with van der Waals surface area (Å²) in [5.74, 6) is 0.122. The highest BCUT2D eigenvalue weighted by molar-refractivity contribution is 5.83. The van der Waals surface area contributed by atoms with Crippen LogP contribution in [0.15, 0.2) is 67.0 Å². The number of benzene rings is 2. The first-order valence-corrected chi connectivity index (χ1v) is 10.7. The van der Waals surface area contributed by atoms with E-state index in [1.165, 1.54) is 16.3 Å². The number of carbonyl (C=O) groups is 1. The molecule has 1 amide bonds. The summed E-state index contributed by atoms with van der Waals surface area (Å²) in [4.78, 5) is 19.4. The maximum absolute atomic E-state index is 12.9. The number of carbonyl (C=O) groups excluding carboxylic acids is 1. The van der Waals surface area contributed by atoms with Crippen LogP contribution in [0.5, 0.6) is 0 Å². The Hall–Kier alpha value is -2.76. The molecule has 5 heteroatoms. The van der Waals surface area contributed by atoms with E-state index in [0.717, 1.165) is 31.6 Å². The van der Waals surface area contributed by atoms with Gasteiger partial charge in [-0.25, -0.2) is 0 Å². The van der Waals surface area contributed by atoms with Gasteiger partial charge in [-0.1, -0.05) is 42.5 Å². The number of hydrogen-bond acceptors (Lipinski definition) is 4. The van der Waals surface area contributed by atoms with Crippen LogP contribution in [0, 0.1) is 0 Å². The molecule has 2 atom stereocenters. The zero-order chi connectivity index (χ0) is 20.9. The van der Waals surface area contributed by atoms with Crippen LogP contribution in [0.25, 0.3) is 10.8 Å². The van der Waals surface area contributed by atoms with Crippen molar-refractivity contribution in [1.82, 2.24) is 20.5 Å². The third-order valence-electron chi connectivity index (χ3n) is 5.65. The molecule has 0 aliphatic carbocycles. The number of hydrogen-bond donors (Lipinski definition) is 2. The summed E-state index contributed by atoms with van der Waals surface area (Å²) in [6.07, 6.45) is 4.49. The van der Waals surface area contributed by atoms with Gasteiger partial charge in [0.25, 0.3) is 0 Å². The van der Waals surface area contributed by atoms with E-state index in [1.807, 2.05) is 26.1 Å². The number of likely N-dealkylation sites (tertiary alicyclic amines) is 1. The zero-order valence-electron chi connectivity index (χ0n) is 17.7. The highest BCUT2D eigenvalue weighted by Crippen LogP contribution is 2.23. The molecule has 3 aromatic rings. The van der Waals surface area contributed by atoms with E-state index >= 15 is 0 Å². The normalized spacial score (nSPS) is 19.4. The average molecular weight is 403 g/mol. The molecule has 5 nitrogen and oxygen atoms in total. The van der Waals surface area contributed by atoms with Crippen molar-refractivity contribution in [3.05, 3.63) is 78.1 Å². The summed E-state index contributed by atoms with van der Waals surface area (Å²) in [5.41, 5.74) is 2.40. The van der Waals surface area contributed by atoms with Crippen molar-refractivity contribution in [2.75, 3.05) is 6.54 Å². The largest absolute Gasteiger partial charge is 0.353 e. The van der Waals surface area contributed by atoms with Gasteiger partial charge < -0.3 is 10.6 Å². The highest BCUT2D eigenvalue weighted by atomic mass is 16.2. The molecule has 30 heavy (non-hydrogen) atoms. The molecule has 0 unspecified atom stereocenters. The van der Waals surface area contributed by atoms with E-state index in [-0.39, 0.29) is 24.0 Å². The Bertz CT molecular complexity index is 989. The molecule has 0 radical (unpaired) electrons. The smallest absolute Gasteiger partial charge is 0.237 e. The number of amides is 1. The van der Waals surface area contributed by atoms with E-state index in [0.29, 0.717) is 0 Å². The maximum atomic E-state index is 12.9. The van der Waals surface area contributed by atoms with E-state index in [4.69, 9.17) is 0 Å². The first-order valence-electron chi connectivity index (χ1n) is 10.7. The van der Waals surface area contributed by atoms with Gasteiger partial charge in [-0.15, -0.1) is 0 Å². The van der Waals surface area contributed by atoms with Crippen molar-refractivity contribution >= 4 is 16.7 Å². The Morgan fingerprint density at radius 3 is 2.70 bits per heavy atom. The monoisotopic (exact) mass is 402 g/mol. The third-order valence-corrected chi connectivity index (χ3v) is 5.65. The molecule has 0 spiro atoms. The number of pyridine rings is 1. The van der Waals surface area contributed by atoms with Crippen molar-refractivity contribution in [2.24, 2.45) is 0 Å². The second-order valence-corrected chi connectivity index (χ2v) is 8.46. The Morgan fingerprint density at radius 1 is 1.10 bits per heavy atom. The molecule has 1 saturated heterocycles. The lowest BCUT2D eigenvalue weighted by molar-refractivity contribution is -0.126. The number of fused-ring (bicyclic) bond motifs is 1. The molecule has 4 rings (SSSR count). The van der Waals surface area contributed by atoms with E-state index in [2.05, 4.69) is 69.0 Å². The third kappa shape index (κ3) is 5.04. The van der Waals surface area contributed by atoms with Crippen LogP contribution in [0.4, 0.5) is 0 Å². The molecular weight excluding hydrogens is 372 g/mol. The van der Waals surface area contributed by atoms with Gasteiger partial charge in [-0.05, 0) is 54.3 Å². The molecule has 0 bridgehead atoms. The van der Waals surface area contributed by atoms with Crippen LogP contribution in [0.1, 0.15) is 31.4 Å². The van der Waals surface area contributed by atoms with Gasteiger partial charge in [0.15, 0.2) is 0 Å². The Labute approximate surface area is 178 Å². The van der Waals surface area contributed by atoms with E-state index < -0.39 is 0 Å². The Morgan fingerprint density at radius 2 is 1.93 bits per heavy atom. The van der Waals surface area contributed by atoms with Crippen LogP contribution >= 0.6 is 0 Å². The number of aromatic nitrogens is 1. The maximum Gasteiger partial charge on any atom is 0.237 e. The predicted molar refractivity (Wildman–Crippen MR) is 121 cm³/mol. The van der Waals surface area contributed by atoms with Gasteiger partial charge in [0.2, 0.25) is 5.91 Å². The number of nitrogens with one attached hydrogen (secondary N) is 2. The van der Waals surface area contributed by atoms with Gasteiger partial charge in [0.05, 0.1) is 6.04 Å². The fourth-order valence-electron chi connectivity index (χ4n) is 4.22. The molecule has 0 saturated carbocycles. The van der Waals surface area contributed by atoms with E-state index in [9.17, 15) is 4.79 Å². The molecule has 2 aromatic carbocycles. The van der Waals surface area contributed by atoms with Crippen LogP contribution in [0.2, 0.25) is 0 Å². The molecule has 1 fully saturated rings. The molecule has 156 valence electrons. The average Bonchev–Trinajstić information content (AvgIpc) is 3.15. The van der Waals surface area contributed by atoms with Crippen molar-refractivity contribution in [3.63, 3.8) is 0 Å². The second kappa shape index (κ2) is 9.37. The zero-order valence-corrected chi connectivity index (χ0v) is 17.7. The lowest BCUT2D eigenvalue weighted by Gasteiger charge is -2.24. The van der Waals surface area contributed by atoms with Crippen LogP contribution in [0.3, 0.4) is 0 Å². The first kappa shape index (κ1) is 20.5. The van der Waals surface area contributed by atoms with Crippen LogP contribution in [-0.2, 0) is 17.9 Å². The molecule has 1 aliphatic rings. The highest BCUT2D eigenvalue weighted by Gasteiger charge is 2.36. The molecule has 2 N–H and O–H groups in total. The molecule has 1 aliphatic heterocycles. The predicted octanol–water partition coefficient (Wildman–Crippen LogP) is 3.49.